The number of aromatic amines is 2. The molecule has 0 atom stereocenters. The lowest BCUT2D eigenvalue weighted by atomic mass is 10.4. The Morgan fingerprint density at radius 3 is 3.23 bits per heavy atom. The summed E-state index contributed by atoms with van der Waals surface area (Å²) >= 11 is 0. The van der Waals surface area contributed by atoms with Crippen LogP contribution >= 0.6 is 0 Å². The topological polar surface area (TPSA) is 81.8 Å². The van der Waals surface area contributed by atoms with Crippen molar-refractivity contribution in [3.05, 3.63) is 30.4 Å². The van der Waals surface area contributed by atoms with Gasteiger partial charge in [0, 0.05) is 18.0 Å². The van der Waals surface area contributed by atoms with E-state index in [4.69, 9.17) is 0 Å². The first-order valence-electron chi connectivity index (χ1n) is 3.72. The highest BCUT2D eigenvalue weighted by Gasteiger charge is 1.89. The fourth-order valence-corrected chi connectivity index (χ4v) is 0.844. The van der Waals surface area contributed by atoms with E-state index in [2.05, 4.69) is 30.7 Å². The van der Waals surface area contributed by atoms with Gasteiger partial charge < -0.3 is 4.98 Å². The second-order valence-electron chi connectivity index (χ2n) is 2.35. The van der Waals surface area contributed by atoms with Crippen LogP contribution < -0.4 is 5.43 Å². The Morgan fingerprint density at radius 1 is 1.54 bits per heavy atom. The molecule has 2 rings (SSSR count). The Kier molecular flexibility index (Phi) is 2.04. The molecule has 0 amide bonds. The third kappa shape index (κ3) is 1.92. The summed E-state index contributed by atoms with van der Waals surface area (Å²) in [7, 11) is 0. The smallest absolute Gasteiger partial charge is 0.239 e. The number of hydrazone groups is 1. The molecule has 0 fully saturated rings. The number of rotatable bonds is 3. The van der Waals surface area contributed by atoms with E-state index < -0.39 is 0 Å². The molecule has 6 nitrogen and oxygen atoms in total. The SMILES string of the molecule is C(=N\Nc1ncn[nH]1)/c1cc[nH]c1. The lowest BCUT2D eigenvalue weighted by molar-refractivity contribution is 1.08. The molecule has 0 saturated heterocycles. The van der Waals surface area contributed by atoms with Crippen molar-refractivity contribution in [2.24, 2.45) is 5.10 Å². The van der Waals surface area contributed by atoms with Gasteiger partial charge in [-0.3, -0.25) is 0 Å². The van der Waals surface area contributed by atoms with Gasteiger partial charge in [-0.1, -0.05) is 0 Å². The van der Waals surface area contributed by atoms with Gasteiger partial charge in [-0.25, -0.2) is 10.5 Å². The normalized spacial score (nSPS) is 10.8. The molecular formula is C7H8N6. The van der Waals surface area contributed by atoms with E-state index in [1.54, 1.807) is 6.21 Å². The summed E-state index contributed by atoms with van der Waals surface area (Å²) < 4.78 is 0. The van der Waals surface area contributed by atoms with Crippen molar-refractivity contribution in [3.8, 4) is 0 Å². The summed E-state index contributed by atoms with van der Waals surface area (Å²) in [4.78, 5) is 6.75. The maximum absolute atomic E-state index is 3.93. The molecule has 0 unspecified atom stereocenters. The van der Waals surface area contributed by atoms with Crippen molar-refractivity contribution in [1.29, 1.82) is 0 Å². The van der Waals surface area contributed by atoms with E-state index in [1.165, 1.54) is 6.33 Å². The molecule has 0 aliphatic rings. The quantitative estimate of drug-likeness (QED) is 0.472. The van der Waals surface area contributed by atoms with Crippen molar-refractivity contribution >= 4 is 12.2 Å². The van der Waals surface area contributed by atoms with Crippen molar-refractivity contribution in [3.63, 3.8) is 0 Å². The van der Waals surface area contributed by atoms with Crippen LogP contribution in [0.15, 0.2) is 29.9 Å². The van der Waals surface area contributed by atoms with Crippen LogP contribution in [0.5, 0.6) is 0 Å². The van der Waals surface area contributed by atoms with Crippen LogP contribution in [-0.4, -0.2) is 26.4 Å². The molecule has 2 aromatic heterocycles. The molecule has 0 spiro atoms. The average molecular weight is 176 g/mol. The van der Waals surface area contributed by atoms with Crippen LogP contribution in [-0.2, 0) is 0 Å². The first-order valence-corrected chi connectivity index (χ1v) is 3.72. The first-order chi connectivity index (χ1) is 6.45. The summed E-state index contributed by atoms with van der Waals surface area (Å²) in [5, 5.41) is 10.2. The van der Waals surface area contributed by atoms with Gasteiger partial charge in [0.15, 0.2) is 0 Å². The molecule has 13 heavy (non-hydrogen) atoms. The van der Waals surface area contributed by atoms with E-state index in [-0.39, 0.29) is 0 Å². The summed E-state index contributed by atoms with van der Waals surface area (Å²) in [5.41, 5.74) is 3.68. The van der Waals surface area contributed by atoms with Crippen LogP contribution in [0.25, 0.3) is 0 Å². The molecular weight excluding hydrogens is 168 g/mol. The van der Waals surface area contributed by atoms with Crippen molar-refractivity contribution in [2.75, 3.05) is 5.43 Å². The molecule has 3 N–H and O–H groups in total. The van der Waals surface area contributed by atoms with Crippen LogP contribution in [0.2, 0.25) is 0 Å². The standard InChI is InChI=1S/C7H8N6/c1-2-8-3-6(1)4-10-12-7-9-5-11-13-7/h1-5,8H,(H2,9,11,12,13)/b10-4+. The fraction of sp³-hybridized carbons (Fsp3) is 0. The largest absolute Gasteiger partial charge is 0.367 e. The maximum Gasteiger partial charge on any atom is 0.239 e. The number of nitrogens with one attached hydrogen (secondary N) is 3. The van der Waals surface area contributed by atoms with E-state index in [0.717, 1.165) is 5.56 Å². The van der Waals surface area contributed by atoms with Gasteiger partial charge in [-0.05, 0) is 6.07 Å². The molecule has 0 aliphatic carbocycles. The fourth-order valence-electron chi connectivity index (χ4n) is 0.844. The number of hydrogen-bond donors (Lipinski definition) is 3. The second-order valence-corrected chi connectivity index (χ2v) is 2.35. The van der Waals surface area contributed by atoms with Crippen LogP contribution in [0.3, 0.4) is 0 Å². The maximum atomic E-state index is 3.93. The predicted molar refractivity (Wildman–Crippen MR) is 48.4 cm³/mol. The van der Waals surface area contributed by atoms with Crippen molar-refractivity contribution < 1.29 is 0 Å². The highest BCUT2D eigenvalue weighted by molar-refractivity contribution is 5.79. The van der Waals surface area contributed by atoms with Crippen LogP contribution in [0, 0.1) is 0 Å². The highest BCUT2D eigenvalue weighted by atomic mass is 15.4. The molecule has 0 saturated carbocycles. The third-order valence-corrected chi connectivity index (χ3v) is 1.42. The van der Waals surface area contributed by atoms with Crippen molar-refractivity contribution in [1.82, 2.24) is 20.2 Å². The zero-order chi connectivity index (χ0) is 8.93. The Morgan fingerprint density at radius 2 is 2.54 bits per heavy atom. The Balaban J connectivity index is 1.93. The molecule has 6 heteroatoms. The van der Waals surface area contributed by atoms with Gasteiger partial charge in [-0.2, -0.15) is 15.2 Å². The summed E-state index contributed by atoms with van der Waals surface area (Å²) in [6.07, 6.45) is 6.76. The number of nitrogens with zero attached hydrogens (tertiary/aromatic N) is 3. The van der Waals surface area contributed by atoms with E-state index in [9.17, 15) is 0 Å². The molecule has 0 aromatic carbocycles. The number of hydrogen-bond acceptors (Lipinski definition) is 4. The first kappa shape index (κ1) is 7.53. The molecule has 0 bridgehead atoms. The molecule has 2 aromatic rings. The zero-order valence-corrected chi connectivity index (χ0v) is 6.73. The van der Waals surface area contributed by atoms with Crippen molar-refractivity contribution in [2.45, 2.75) is 0 Å². The van der Waals surface area contributed by atoms with Gasteiger partial charge in [0.1, 0.15) is 6.33 Å². The second kappa shape index (κ2) is 3.53. The van der Waals surface area contributed by atoms with E-state index in [0.29, 0.717) is 5.95 Å². The lowest BCUT2D eigenvalue weighted by Crippen LogP contribution is -1.91. The van der Waals surface area contributed by atoms with E-state index in [1.807, 2.05) is 18.5 Å². The molecule has 0 radical (unpaired) electrons. The van der Waals surface area contributed by atoms with Gasteiger partial charge >= 0.3 is 0 Å². The zero-order valence-electron chi connectivity index (χ0n) is 6.73. The summed E-state index contributed by atoms with van der Waals surface area (Å²) in [6.45, 7) is 0. The third-order valence-electron chi connectivity index (χ3n) is 1.42. The van der Waals surface area contributed by atoms with E-state index >= 15 is 0 Å². The summed E-state index contributed by atoms with van der Waals surface area (Å²) in [6, 6.07) is 1.91. The van der Waals surface area contributed by atoms with Crippen LogP contribution in [0.1, 0.15) is 5.56 Å². The molecule has 66 valence electrons. The van der Waals surface area contributed by atoms with Gasteiger partial charge in [-0.15, -0.1) is 0 Å². The summed E-state index contributed by atoms with van der Waals surface area (Å²) in [5.74, 6) is 0.520. The number of anilines is 1. The Bertz CT molecular complexity index is 360. The highest BCUT2D eigenvalue weighted by Crippen LogP contribution is 1.93. The lowest BCUT2D eigenvalue weighted by Gasteiger charge is -1.89. The van der Waals surface area contributed by atoms with Gasteiger partial charge in [0.25, 0.3) is 0 Å². The molecule has 2 heterocycles. The number of aromatic nitrogens is 4. The minimum Gasteiger partial charge on any atom is -0.367 e. The number of H-pyrrole nitrogens is 2. The monoisotopic (exact) mass is 176 g/mol. The Labute approximate surface area is 74.1 Å². The Hall–Kier alpha value is -2.11. The predicted octanol–water partition coefficient (Wildman–Crippen LogP) is 0.579. The molecule has 0 aliphatic heterocycles. The average Bonchev–Trinajstić information content (AvgIpc) is 2.75. The van der Waals surface area contributed by atoms with Gasteiger partial charge in [0.2, 0.25) is 5.95 Å². The van der Waals surface area contributed by atoms with Gasteiger partial charge in [0.05, 0.1) is 6.21 Å². The van der Waals surface area contributed by atoms with Crippen LogP contribution in [0.4, 0.5) is 5.95 Å². The minimum absolute atomic E-state index is 0.520. The minimum atomic E-state index is 0.520.